The number of non-ortho nitro benzene ring substituents is 1. The van der Waals surface area contributed by atoms with E-state index in [-0.39, 0.29) is 10.6 Å². The van der Waals surface area contributed by atoms with Crippen molar-refractivity contribution in [1.29, 1.82) is 0 Å². The lowest BCUT2D eigenvalue weighted by atomic mass is 10.0. The van der Waals surface area contributed by atoms with Crippen molar-refractivity contribution in [3.63, 3.8) is 0 Å². The van der Waals surface area contributed by atoms with Crippen LogP contribution in [-0.2, 0) is 0 Å². The molecule has 0 saturated heterocycles. The second-order valence-corrected chi connectivity index (χ2v) is 6.28. The molecule has 3 rings (SSSR count). The summed E-state index contributed by atoms with van der Waals surface area (Å²) in [5.41, 5.74) is 3.72. The molecule has 0 atom stereocenters. The van der Waals surface area contributed by atoms with Crippen molar-refractivity contribution >= 4 is 17.4 Å². The van der Waals surface area contributed by atoms with Gasteiger partial charge in [-0.25, -0.2) is 0 Å². The summed E-state index contributed by atoms with van der Waals surface area (Å²) in [6.07, 6.45) is 0. The van der Waals surface area contributed by atoms with Crippen molar-refractivity contribution in [1.82, 2.24) is 0 Å². The highest BCUT2D eigenvalue weighted by atomic mass is 32.2. The van der Waals surface area contributed by atoms with Crippen molar-refractivity contribution in [3.8, 4) is 11.1 Å². The van der Waals surface area contributed by atoms with Crippen LogP contribution in [0.25, 0.3) is 11.1 Å². The van der Waals surface area contributed by atoms with Gasteiger partial charge in [0.25, 0.3) is 5.69 Å². The first-order valence-electron chi connectivity index (χ1n) is 7.22. The zero-order valence-corrected chi connectivity index (χ0v) is 13.4. The Morgan fingerprint density at radius 1 is 0.826 bits per heavy atom. The molecule has 0 amide bonds. The minimum Gasteiger partial charge on any atom is -0.258 e. The van der Waals surface area contributed by atoms with Gasteiger partial charge in [-0.3, -0.25) is 10.1 Å². The molecular weight excluding hydrogens is 306 g/mol. The van der Waals surface area contributed by atoms with Crippen molar-refractivity contribution in [2.45, 2.75) is 16.7 Å². The molecule has 3 nitrogen and oxygen atoms in total. The van der Waals surface area contributed by atoms with Gasteiger partial charge in [-0.15, -0.1) is 0 Å². The molecule has 0 aliphatic rings. The molecule has 0 radical (unpaired) electrons. The van der Waals surface area contributed by atoms with Gasteiger partial charge in [-0.05, 0) is 41.8 Å². The van der Waals surface area contributed by atoms with Gasteiger partial charge in [0.05, 0.1) is 4.92 Å². The monoisotopic (exact) mass is 321 g/mol. The quantitative estimate of drug-likeness (QED) is 0.456. The molecule has 114 valence electrons. The van der Waals surface area contributed by atoms with Gasteiger partial charge in [-0.2, -0.15) is 0 Å². The van der Waals surface area contributed by atoms with Gasteiger partial charge in [0.15, 0.2) is 0 Å². The maximum absolute atomic E-state index is 10.7. The first-order valence-corrected chi connectivity index (χ1v) is 8.04. The van der Waals surface area contributed by atoms with E-state index in [0.717, 1.165) is 9.79 Å². The Balaban J connectivity index is 1.95. The fraction of sp³-hybridized carbons (Fsp3) is 0.0526. The smallest absolute Gasteiger partial charge is 0.258 e. The third kappa shape index (κ3) is 3.43. The third-order valence-corrected chi connectivity index (χ3v) is 4.68. The van der Waals surface area contributed by atoms with Crippen LogP contribution < -0.4 is 0 Å². The van der Waals surface area contributed by atoms with Gasteiger partial charge < -0.3 is 0 Å². The van der Waals surface area contributed by atoms with E-state index in [9.17, 15) is 10.1 Å². The van der Waals surface area contributed by atoms with E-state index >= 15 is 0 Å². The van der Waals surface area contributed by atoms with E-state index < -0.39 is 0 Å². The molecule has 0 fully saturated rings. The topological polar surface area (TPSA) is 43.1 Å². The molecule has 0 heterocycles. The fourth-order valence-electron chi connectivity index (χ4n) is 2.42. The van der Waals surface area contributed by atoms with E-state index in [1.807, 2.05) is 24.3 Å². The molecular formula is C19H15NO2S. The predicted molar refractivity (Wildman–Crippen MR) is 93.8 cm³/mol. The zero-order valence-electron chi connectivity index (χ0n) is 12.6. The first-order chi connectivity index (χ1) is 11.1. The van der Waals surface area contributed by atoms with Crippen LogP contribution in [-0.4, -0.2) is 4.92 Å². The molecule has 0 aliphatic carbocycles. The molecule has 0 aliphatic heterocycles. The fourth-order valence-corrected chi connectivity index (χ4v) is 3.38. The molecule has 23 heavy (non-hydrogen) atoms. The van der Waals surface area contributed by atoms with E-state index in [0.29, 0.717) is 0 Å². The SMILES string of the molecule is Cc1ccccc1-c1ccccc1Sc1ccc([N+](=O)[O-])cc1. The second kappa shape index (κ2) is 6.67. The summed E-state index contributed by atoms with van der Waals surface area (Å²) in [6, 6.07) is 23.2. The number of nitro groups is 1. The number of rotatable bonds is 4. The minimum absolute atomic E-state index is 0.113. The lowest BCUT2D eigenvalue weighted by molar-refractivity contribution is -0.384. The normalized spacial score (nSPS) is 10.5. The van der Waals surface area contributed by atoms with Crippen LogP contribution in [0, 0.1) is 17.0 Å². The summed E-state index contributed by atoms with van der Waals surface area (Å²) in [4.78, 5) is 12.5. The summed E-state index contributed by atoms with van der Waals surface area (Å²) in [6.45, 7) is 2.10. The molecule has 0 aromatic heterocycles. The number of hydrogen-bond acceptors (Lipinski definition) is 3. The Labute approximate surface area is 139 Å². The third-order valence-electron chi connectivity index (χ3n) is 3.60. The summed E-state index contributed by atoms with van der Waals surface area (Å²) in [7, 11) is 0. The van der Waals surface area contributed by atoms with Crippen LogP contribution in [0.5, 0.6) is 0 Å². The average molecular weight is 321 g/mol. The zero-order chi connectivity index (χ0) is 16.2. The highest BCUT2D eigenvalue weighted by molar-refractivity contribution is 7.99. The van der Waals surface area contributed by atoms with E-state index in [1.54, 1.807) is 36.0 Å². The second-order valence-electron chi connectivity index (χ2n) is 5.16. The number of benzene rings is 3. The van der Waals surface area contributed by atoms with Crippen LogP contribution in [0.4, 0.5) is 5.69 Å². The van der Waals surface area contributed by atoms with Gasteiger partial charge in [0, 0.05) is 21.9 Å². The predicted octanol–water partition coefficient (Wildman–Crippen LogP) is 5.72. The van der Waals surface area contributed by atoms with Gasteiger partial charge in [-0.1, -0.05) is 54.2 Å². The molecule has 0 unspecified atom stereocenters. The maximum atomic E-state index is 10.7. The Morgan fingerprint density at radius 2 is 1.43 bits per heavy atom. The van der Waals surface area contributed by atoms with Crippen molar-refractivity contribution in [2.24, 2.45) is 0 Å². The largest absolute Gasteiger partial charge is 0.269 e. The Morgan fingerprint density at radius 3 is 2.09 bits per heavy atom. The van der Waals surface area contributed by atoms with Crippen molar-refractivity contribution < 1.29 is 4.92 Å². The molecule has 0 N–H and O–H groups in total. The van der Waals surface area contributed by atoms with Crippen LogP contribution >= 0.6 is 11.8 Å². The Kier molecular flexibility index (Phi) is 4.44. The molecule has 4 heteroatoms. The van der Waals surface area contributed by atoms with Crippen molar-refractivity contribution in [3.05, 3.63) is 88.5 Å². The van der Waals surface area contributed by atoms with E-state index in [1.165, 1.54) is 16.7 Å². The average Bonchev–Trinajstić information content (AvgIpc) is 2.56. The highest BCUT2D eigenvalue weighted by Crippen LogP contribution is 2.37. The van der Waals surface area contributed by atoms with Gasteiger partial charge in [0.1, 0.15) is 0 Å². The molecule has 3 aromatic rings. The Bertz CT molecular complexity index is 844. The molecule has 3 aromatic carbocycles. The molecule has 0 spiro atoms. The summed E-state index contributed by atoms with van der Waals surface area (Å²) < 4.78 is 0. The van der Waals surface area contributed by atoms with Gasteiger partial charge in [0.2, 0.25) is 0 Å². The lowest BCUT2D eigenvalue weighted by Crippen LogP contribution is -1.87. The highest BCUT2D eigenvalue weighted by Gasteiger charge is 2.09. The van der Waals surface area contributed by atoms with E-state index in [2.05, 4.69) is 31.2 Å². The number of aryl methyl sites for hydroxylation is 1. The summed E-state index contributed by atoms with van der Waals surface area (Å²) in [5, 5.41) is 10.7. The summed E-state index contributed by atoms with van der Waals surface area (Å²) in [5.74, 6) is 0. The Hall–Kier alpha value is -2.59. The maximum Gasteiger partial charge on any atom is 0.269 e. The minimum atomic E-state index is -0.379. The van der Waals surface area contributed by atoms with Crippen LogP contribution in [0.2, 0.25) is 0 Å². The first kappa shape index (κ1) is 15.3. The molecule has 0 saturated carbocycles. The molecule has 0 bridgehead atoms. The van der Waals surface area contributed by atoms with Gasteiger partial charge >= 0.3 is 0 Å². The number of hydrogen-bond donors (Lipinski definition) is 0. The lowest BCUT2D eigenvalue weighted by Gasteiger charge is -2.11. The van der Waals surface area contributed by atoms with E-state index in [4.69, 9.17) is 0 Å². The standard InChI is InChI=1S/C19H15NO2S/c1-14-6-2-3-7-17(14)18-8-4-5-9-19(18)23-16-12-10-15(11-13-16)20(21)22/h2-13H,1H3. The van der Waals surface area contributed by atoms with Crippen LogP contribution in [0.15, 0.2) is 82.6 Å². The van der Waals surface area contributed by atoms with Crippen molar-refractivity contribution in [2.75, 3.05) is 0 Å². The number of nitrogens with zero attached hydrogens (tertiary/aromatic N) is 1. The number of nitro benzene ring substituents is 1. The summed E-state index contributed by atoms with van der Waals surface area (Å²) >= 11 is 1.62. The van der Waals surface area contributed by atoms with Crippen LogP contribution in [0.1, 0.15) is 5.56 Å². The van der Waals surface area contributed by atoms with Crippen LogP contribution in [0.3, 0.4) is 0 Å².